The van der Waals surface area contributed by atoms with Crippen molar-refractivity contribution >= 4 is 9.84 Å². The summed E-state index contributed by atoms with van der Waals surface area (Å²) >= 11 is 0. The van der Waals surface area contributed by atoms with Gasteiger partial charge in [-0.2, -0.15) is 26.3 Å². The number of pyridine rings is 1. The number of nitrogens with zero attached hydrogens (tertiary/aromatic N) is 3. The first-order valence-corrected chi connectivity index (χ1v) is 10.5. The van der Waals surface area contributed by atoms with Crippen LogP contribution in [-0.4, -0.2) is 28.7 Å². The third-order valence-electron chi connectivity index (χ3n) is 4.66. The summed E-state index contributed by atoms with van der Waals surface area (Å²) < 4.78 is 119. The maximum absolute atomic E-state index is 14.3. The lowest BCUT2D eigenvalue weighted by Crippen LogP contribution is -2.13. The third-order valence-corrected chi connectivity index (χ3v) is 6.41. The molecule has 0 amide bonds. The molecular weight excluding hydrogens is 467 g/mol. The number of sulfone groups is 1. The van der Waals surface area contributed by atoms with E-state index >= 15 is 0 Å². The van der Waals surface area contributed by atoms with E-state index in [-0.39, 0.29) is 11.5 Å². The first kappa shape index (κ1) is 23.7. The lowest BCUT2D eigenvalue weighted by atomic mass is 10.1. The van der Waals surface area contributed by atoms with E-state index in [2.05, 4.69) is 9.97 Å². The van der Waals surface area contributed by atoms with Crippen LogP contribution in [0.4, 0.5) is 30.7 Å². The van der Waals surface area contributed by atoms with Crippen molar-refractivity contribution in [3.8, 4) is 22.8 Å². The second-order valence-electron chi connectivity index (χ2n) is 6.69. The van der Waals surface area contributed by atoms with Gasteiger partial charge < -0.3 is 4.57 Å². The molecule has 0 bridgehead atoms. The van der Waals surface area contributed by atoms with Crippen LogP contribution >= 0.6 is 0 Å². The zero-order valence-corrected chi connectivity index (χ0v) is 17.2. The molecule has 3 aromatic rings. The van der Waals surface area contributed by atoms with E-state index in [0.29, 0.717) is 30.5 Å². The second-order valence-corrected chi connectivity index (χ2v) is 8.94. The number of imidazole rings is 1. The van der Waals surface area contributed by atoms with Crippen LogP contribution in [0.2, 0.25) is 0 Å². The summed E-state index contributed by atoms with van der Waals surface area (Å²) in [7, 11) is -2.96. The summed E-state index contributed by atoms with van der Waals surface area (Å²) in [6, 6.07) is 2.15. The van der Waals surface area contributed by atoms with Crippen molar-refractivity contribution in [3.05, 3.63) is 53.6 Å². The zero-order valence-electron chi connectivity index (χ0n) is 16.4. The van der Waals surface area contributed by atoms with Crippen molar-refractivity contribution in [1.29, 1.82) is 0 Å². The Hall–Kier alpha value is -2.96. The molecule has 32 heavy (non-hydrogen) atoms. The fourth-order valence-corrected chi connectivity index (χ4v) is 3.99. The van der Waals surface area contributed by atoms with Gasteiger partial charge in [0.05, 0.1) is 33.7 Å². The van der Waals surface area contributed by atoms with Gasteiger partial charge in [-0.05, 0) is 24.3 Å². The topological polar surface area (TPSA) is 64.8 Å². The van der Waals surface area contributed by atoms with Crippen LogP contribution in [-0.2, 0) is 29.2 Å². The minimum absolute atomic E-state index is 0.162. The highest BCUT2D eigenvalue weighted by atomic mass is 32.2. The highest BCUT2D eigenvalue weighted by Crippen LogP contribution is 2.37. The lowest BCUT2D eigenvalue weighted by molar-refractivity contribution is -0.138. The van der Waals surface area contributed by atoms with Crippen LogP contribution in [0.25, 0.3) is 22.8 Å². The van der Waals surface area contributed by atoms with E-state index in [0.717, 1.165) is 10.8 Å². The van der Waals surface area contributed by atoms with Crippen molar-refractivity contribution in [2.24, 2.45) is 7.05 Å². The van der Waals surface area contributed by atoms with Gasteiger partial charge in [0.25, 0.3) is 0 Å². The van der Waals surface area contributed by atoms with Crippen LogP contribution < -0.4 is 0 Å². The molecule has 1 aromatic carbocycles. The fraction of sp³-hybridized carbons (Fsp3) is 0.263. The fourth-order valence-electron chi connectivity index (χ4n) is 2.94. The first-order chi connectivity index (χ1) is 14.7. The molecule has 0 aliphatic heterocycles. The lowest BCUT2D eigenvalue weighted by Gasteiger charge is -2.14. The highest BCUT2D eigenvalue weighted by Gasteiger charge is 2.35. The third kappa shape index (κ3) is 4.33. The average Bonchev–Trinajstić information content (AvgIpc) is 3.07. The Bertz CT molecular complexity index is 1280. The Morgan fingerprint density at radius 3 is 2.12 bits per heavy atom. The van der Waals surface area contributed by atoms with Crippen LogP contribution in [0.3, 0.4) is 0 Å². The van der Waals surface area contributed by atoms with Crippen molar-refractivity contribution in [2.75, 3.05) is 5.75 Å². The molecule has 13 heteroatoms. The smallest absolute Gasteiger partial charge is 0.326 e. The van der Waals surface area contributed by atoms with Gasteiger partial charge in [0.1, 0.15) is 11.5 Å². The summed E-state index contributed by atoms with van der Waals surface area (Å²) in [6.45, 7) is 1.22. The minimum atomic E-state index is -4.86. The average molecular weight is 481 g/mol. The van der Waals surface area contributed by atoms with Crippen LogP contribution in [0, 0.1) is 5.82 Å². The molecule has 0 saturated carbocycles. The van der Waals surface area contributed by atoms with E-state index < -0.39 is 61.0 Å². The van der Waals surface area contributed by atoms with Gasteiger partial charge in [-0.1, -0.05) is 6.92 Å². The molecule has 0 saturated heterocycles. The Balaban J connectivity index is 2.23. The molecule has 0 unspecified atom stereocenters. The molecule has 3 rings (SSSR count). The van der Waals surface area contributed by atoms with E-state index in [1.165, 1.54) is 14.0 Å². The number of benzene rings is 1. The van der Waals surface area contributed by atoms with Gasteiger partial charge in [0.2, 0.25) is 0 Å². The quantitative estimate of drug-likeness (QED) is 0.486. The number of hydrogen-bond acceptors (Lipinski definition) is 4. The van der Waals surface area contributed by atoms with Gasteiger partial charge in [-0.25, -0.2) is 17.8 Å². The Morgan fingerprint density at radius 1 is 0.938 bits per heavy atom. The van der Waals surface area contributed by atoms with E-state index in [4.69, 9.17) is 0 Å². The Labute approximate surface area is 177 Å². The summed E-state index contributed by atoms with van der Waals surface area (Å²) in [4.78, 5) is 6.77. The molecule has 0 aliphatic carbocycles. The number of rotatable bonds is 4. The van der Waals surface area contributed by atoms with Gasteiger partial charge in [-0.3, -0.25) is 4.98 Å². The first-order valence-electron chi connectivity index (χ1n) is 8.86. The number of halogens is 7. The SMILES string of the molecule is CCS(=O)(=O)c1cc(C(F)(F)F)cnc1-c1ncc(-c2cc(C(F)(F)F)ccc2F)n1C. The maximum atomic E-state index is 14.3. The number of alkyl halides is 6. The summed E-state index contributed by atoms with van der Waals surface area (Å²) in [5, 5.41) is 0. The predicted molar refractivity (Wildman–Crippen MR) is 99.6 cm³/mol. The van der Waals surface area contributed by atoms with Crippen molar-refractivity contribution in [2.45, 2.75) is 24.2 Å². The Morgan fingerprint density at radius 2 is 1.56 bits per heavy atom. The number of hydrogen-bond donors (Lipinski definition) is 0. The largest absolute Gasteiger partial charge is 0.417 e. The molecule has 0 radical (unpaired) electrons. The molecule has 0 N–H and O–H groups in total. The molecule has 2 heterocycles. The molecular formula is C19H14F7N3O2S. The highest BCUT2D eigenvalue weighted by molar-refractivity contribution is 7.91. The van der Waals surface area contributed by atoms with Crippen molar-refractivity contribution in [1.82, 2.24) is 14.5 Å². The molecule has 0 fully saturated rings. The molecule has 5 nitrogen and oxygen atoms in total. The van der Waals surface area contributed by atoms with Gasteiger partial charge >= 0.3 is 12.4 Å². The minimum Gasteiger partial charge on any atom is -0.326 e. The molecule has 0 aliphatic rings. The van der Waals surface area contributed by atoms with Gasteiger partial charge in [0, 0.05) is 18.8 Å². The summed E-state index contributed by atoms with van der Waals surface area (Å²) in [5.41, 5.74) is -3.51. The van der Waals surface area contributed by atoms with Crippen LogP contribution in [0.5, 0.6) is 0 Å². The Kier molecular flexibility index (Phi) is 5.83. The van der Waals surface area contributed by atoms with E-state index in [1.807, 2.05) is 0 Å². The summed E-state index contributed by atoms with van der Waals surface area (Å²) in [5.74, 6) is -1.81. The monoisotopic (exact) mass is 481 g/mol. The van der Waals surface area contributed by atoms with Gasteiger partial charge in [0.15, 0.2) is 15.7 Å². The zero-order chi connectivity index (χ0) is 24.1. The molecule has 0 spiro atoms. The standard InChI is InChI=1S/C19H14F7N3O2S/c1-3-32(30,31)15-7-11(19(24,25)26)8-27-16(15)17-28-9-14(29(17)2)12-6-10(18(21,22)23)4-5-13(12)20/h4-9H,3H2,1-2H3. The van der Waals surface area contributed by atoms with E-state index in [9.17, 15) is 39.2 Å². The van der Waals surface area contributed by atoms with Gasteiger partial charge in [-0.15, -0.1) is 0 Å². The maximum Gasteiger partial charge on any atom is 0.417 e. The molecule has 0 atom stereocenters. The molecule has 172 valence electrons. The molecule has 2 aromatic heterocycles. The second kappa shape index (κ2) is 7.87. The summed E-state index contributed by atoms with van der Waals surface area (Å²) in [6.07, 6.45) is -8.21. The van der Waals surface area contributed by atoms with Crippen LogP contribution in [0.1, 0.15) is 18.1 Å². The van der Waals surface area contributed by atoms with Crippen molar-refractivity contribution in [3.63, 3.8) is 0 Å². The number of aromatic nitrogens is 3. The predicted octanol–water partition coefficient (Wildman–Crippen LogP) is 5.12. The van der Waals surface area contributed by atoms with E-state index in [1.54, 1.807) is 0 Å². The van der Waals surface area contributed by atoms with Crippen molar-refractivity contribution < 1.29 is 39.2 Å². The normalized spacial score (nSPS) is 12.9. The van der Waals surface area contributed by atoms with Crippen LogP contribution in [0.15, 0.2) is 41.6 Å².